The SMILES string of the molecule is O=C(CCS(=O)(=O)c1ccccc1)Nc1cccc(N2CCCC2=O)c1. The molecule has 26 heavy (non-hydrogen) atoms. The summed E-state index contributed by atoms with van der Waals surface area (Å²) in [5.41, 5.74) is 1.28. The van der Waals surface area contributed by atoms with Gasteiger partial charge in [-0.25, -0.2) is 8.42 Å². The lowest BCUT2D eigenvalue weighted by Gasteiger charge is -2.16. The first-order valence-electron chi connectivity index (χ1n) is 8.44. The van der Waals surface area contributed by atoms with Crippen LogP contribution in [0.1, 0.15) is 19.3 Å². The summed E-state index contributed by atoms with van der Waals surface area (Å²) in [6.07, 6.45) is 1.23. The molecule has 6 nitrogen and oxygen atoms in total. The van der Waals surface area contributed by atoms with Crippen molar-refractivity contribution in [3.63, 3.8) is 0 Å². The van der Waals surface area contributed by atoms with Crippen molar-refractivity contribution < 1.29 is 18.0 Å². The zero-order valence-corrected chi connectivity index (χ0v) is 15.0. The smallest absolute Gasteiger partial charge is 0.227 e. The minimum atomic E-state index is -3.49. The molecule has 0 radical (unpaired) electrons. The van der Waals surface area contributed by atoms with Gasteiger partial charge >= 0.3 is 0 Å². The van der Waals surface area contributed by atoms with E-state index in [0.717, 1.165) is 12.1 Å². The molecule has 0 spiro atoms. The molecule has 2 amide bonds. The van der Waals surface area contributed by atoms with E-state index >= 15 is 0 Å². The number of carbonyl (C=O) groups excluding carboxylic acids is 2. The fourth-order valence-electron chi connectivity index (χ4n) is 2.87. The van der Waals surface area contributed by atoms with Crippen LogP contribution in [-0.2, 0) is 19.4 Å². The molecule has 1 aliphatic heterocycles. The summed E-state index contributed by atoms with van der Waals surface area (Å²) in [6.45, 7) is 0.672. The molecule has 2 aromatic rings. The summed E-state index contributed by atoms with van der Waals surface area (Å²) in [5, 5.41) is 2.70. The Bertz CT molecular complexity index is 910. The highest BCUT2D eigenvalue weighted by molar-refractivity contribution is 7.91. The highest BCUT2D eigenvalue weighted by Crippen LogP contribution is 2.24. The van der Waals surface area contributed by atoms with Crippen LogP contribution in [-0.4, -0.2) is 32.5 Å². The molecule has 0 aliphatic carbocycles. The molecule has 1 fully saturated rings. The van der Waals surface area contributed by atoms with Crippen LogP contribution >= 0.6 is 0 Å². The Balaban J connectivity index is 1.61. The lowest BCUT2D eigenvalue weighted by Crippen LogP contribution is -2.24. The van der Waals surface area contributed by atoms with Crippen LogP contribution in [0.25, 0.3) is 0 Å². The van der Waals surface area contributed by atoms with Crippen LogP contribution in [0.3, 0.4) is 0 Å². The number of anilines is 2. The van der Waals surface area contributed by atoms with E-state index in [1.54, 1.807) is 41.3 Å². The van der Waals surface area contributed by atoms with E-state index < -0.39 is 9.84 Å². The van der Waals surface area contributed by atoms with Gasteiger partial charge < -0.3 is 10.2 Å². The van der Waals surface area contributed by atoms with Crippen LogP contribution in [0.4, 0.5) is 11.4 Å². The predicted octanol–water partition coefficient (Wildman–Crippen LogP) is 2.62. The van der Waals surface area contributed by atoms with Gasteiger partial charge in [0.2, 0.25) is 11.8 Å². The van der Waals surface area contributed by atoms with Crippen LogP contribution in [0.15, 0.2) is 59.5 Å². The Kier molecular flexibility index (Phi) is 5.37. The van der Waals surface area contributed by atoms with Crippen molar-refractivity contribution in [3.8, 4) is 0 Å². The van der Waals surface area contributed by atoms with Crippen molar-refractivity contribution in [2.24, 2.45) is 0 Å². The Morgan fingerprint density at radius 1 is 1.08 bits per heavy atom. The lowest BCUT2D eigenvalue weighted by molar-refractivity contribution is -0.117. The van der Waals surface area contributed by atoms with Gasteiger partial charge in [0, 0.05) is 30.8 Å². The van der Waals surface area contributed by atoms with E-state index in [1.807, 2.05) is 6.07 Å². The van der Waals surface area contributed by atoms with Gasteiger partial charge in [-0.3, -0.25) is 9.59 Å². The molecule has 0 aromatic heterocycles. The molecule has 1 heterocycles. The first kappa shape index (κ1) is 18.1. The monoisotopic (exact) mass is 372 g/mol. The Labute approximate surface area is 152 Å². The van der Waals surface area contributed by atoms with E-state index in [-0.39, 0.29) is 28.9 Å². The average Bonchev–Trinajstić information content (AvgIpc) is 3.07. The van der Waals surface area contributed by atoms with Gasteiger partial charge in [0.25, 0.3) is 0 Å². The average molecular weight is 372 g/mol. The van der Waals surface area contributed by atoms with E-state index in [2.05, 4.69) is 5.32 Å². The molecule has 7 heteroatoms. The standard InChI is InChI=1S/C19H20N2O4S/c22-18(11-13-26(24,25)17-8-2-1-3-9-17)20-15-6-4-7-16(14-15)21-12-5-10-19(21)23/h1-4,6-9,14H,5,10-13H2,(H,20,22). The molecule has 0 bridgehead atoms. The molecule has 136 valence electrons. The van der Waals surface area contributed by atoms with E-state index in [0.29, 0.717) is 18.7 Å². The number of rotatable bonds is 6. The molecule has 2 aromatic carbocycles. The van der Waals surface area contributed by atoms with Crippen LogP contribution in [0, 0.1) is 0 Å². The number of amides is 2. The molecule has 0 atom stereocenters. The quantitative estimate of drug-likeness (QED) is 0.845. The van der Waals surface area contributed by atoms with Crippen LogP contribution < -0.4 is 10.2 Å². The third kappa shape index (κ3) is 4.29. The Morgan fingerprint density at radius 3 is 2.54 bits per heavy atom. The number of sulfone groups is 1. The maximum atomic E-state index is 12.2. The largest absolute Gasteiger partial charge is 0.326 e. The highest BCUT2D eigenvalue weighted by Gasteiger charge is 2.22. The van der Waals surface area contributed by atoms with Crippen LogP contribution in [0.5, 0.6) is 0 Å². The lowest BCUT2D eigenvalue weighted by atomic mass is 10.2. The van der Waals surface area contributed by atoms with Gasteiger partial charge in [-0.05, 0) is 36.8 Å². The first-order valence-corrected chi connectivity index (χ1v) is 10.1. The molecule has 1 N–H and O–H groups in total. The fraction of sp³-hybridized carbons (Fsp3) is 0.263. The molecule has 3 rings (SSSR count). The molecular formula is C19H20N2O4S. The van der Waals surface area contributed by atoms with Crippen LogP contribution in [0.2, 0.25) is 0 Å². The molecule has 1 saturated heterocycles. The van der Waals surface area contributed by atoms with E-state index in [1.165, 1.54) is 12.1 Å². The van der Waals surface area contributed by atoms with E-state index in [4.69, 9.17) is 0 Å². The van der Waals surface area contributed by atoms with Crippen molar-refractivity contribution in [2.75, 3.05) is 22.5 Å². The van der Waals surface area contributed by atoms with Crippen molar-refractivity contribution in [2.45, 2.75) is 24.2 Å². The number of nitrogens with one attached hydrogen (secondary N) is 1. The summed E-state index contributed by atoms with van der Waals surface area (Å²) in [6, 6.07) is 15.1. The number of hydrogen-bond acceptors (Lipinski definition) is 4. The summed E-state index contributed by atoms with van der Waals surface area (Å²) < 4.78 is 24.5. The zero-order chi connectivity index (χ0) is 18.6. The molecule has 1 aliphatic rings. The second-order valence-corrected chi connectivity index (χ2v) is 8.24. The fourth-order valence-corrected chi connectivity index (χ4v) is 4.13. The first-order chi connectivity index (χ1) is 12.5. The number of nitrogens with zero attached hydrogens (tertiary/aromatic N) is 1. The normalized spacial score (nSPS) is 14.5. The maximum Gasteiger partial charge on any atom is 0.227 e. The van der Waals surface area contributed by atoms with Crippen molar-refractivity contribution >= 4 is 33.0 Å². The molecule has 0 unspecified atom stereocenters. The number of hydrogen-bond donors (Lipinski definition) is 1. The third-order valence-electron chi connectivity index (χ3n) is 4.22. The van der Waals surface area contributed by atoms with Crippen molar-refractivity contribution in [1.29, 1.82) is 0 Å². The van der Waals surface area contributed by atoms with Gasteiger partial charge in [-0.1, -0.05) is 24.3 Å². The summed E-state index contributed by atoms with van der Waals surface area (Å²) in [5.74, 6) is -0.565. The van der Waals surface area contributed by atoms with Gasteiger partial charge in [0.1, 0.15) is 0 Å². The minimum absolute atomic E-state index is 0.0717. The molecular weight excluding hydrogens is 352 g/mol. The summed E-state index contributed by atoms with van der Waals surface area (Å²) in [4.78, 5) is 25.9. The zero-order valence-electron chi connectivity index (χ0n) is 14.2. The topological polar surface area (TPSA) is 83.6 Å². The van der Waals surface area contributed by atoms with Gasteiger partial charge in [0.15, 0.2) is 9.84 Å². The maximum absolute atomic E-state index is 12.2. The van der Waals surface area contributed by atoms with Crippen molar-refractivity contribution in [1.82, 2.24) is 0 Å². The second kappa shape index (κ2) is 7.70. The van der Waals surface area contributed by atoms with Gasteiger partial charge in [0.05, 0.1) is 10.6 Å². The highest BCUT2D eigenvalue weighted by atomic mass is 32.2. The third-order valence-corrected chi connectivity index (χ3v) is 5.95. The Hall–Kier alpha value is -2.67. The predicted molar refractivity (Wildman–Crippen MR) is 99.8 cm³/mol. The summed E-state index contributed by atoms with van der Waals surface area (Å²) >= 11 is 0. The van der Waals surface area contributed by atoms with E-state index in [9.17, 15) is 18.0 Å². The minimum Gasteiger partial charge on any atom is -0.326 e. The van der Waals surface area contributed by atoms with Gasteiger partial charge in [-0.15, -0.1) is 0 Å². The Morgan fingerprint density at radius 2 is 1.85 bits per heavy atom. The number of benzene rings is 2. The second-order valence-electron chi connectivity index (χ2n) is 6.13. The number of carbonyl (C=O) groups is 2. The summed E-state index contributed by atoms with van der Waals surface area (Å²) in [7, 11) is -3.49. The van der Waals surface area contributed by atoms with Crippen molar-refractivity contribution in [3.05, 3.63) is 54.6 Å². The molecule has 0 saturated carbocycles. The van der Waals surface area contributed by atoms with Gasteiger partial charge in [-0.2, -0.15) is 0 Å².